The molecule has 1 amide bonds. The lowest BCUT2D eigenvalue weighted by Crippen LogP contribution is -2.19. The van der Waals surface area contributed by atoms with Crippen LogP contribution in [0.25, 0.3) is 0 Å². The van der Waals surface area contributed by atoms with Gasteiger partial charge in [0.15, 0.2) is 0 Å². The molecule has 0 bridgehead atoms. The van der Waals surface area contributed by atoms with Gasteiger partial charge in [-0.1, -0.05) is 0 Å². The first-order valence-electron chi connectivity index (χ1n) is 6.26. The summed E-state index contributed by atoms with van der Waals surface area (Å²) < 4.78 is 10.5. The third kappa shape index (κ3) is 5.56. The standard InChI is InChI=1S/C15H19NO4/c1-11(2)19-12-5-7-13(8-6-12)20-15(18)10-9-14(17)16(3)4/h5-11H,1-4H3/b10-9+. The van der Waals surface area contributed by atoms with Crippen molar-refractivity contribution in [2.24, 2.45) is 0 Å². The minimum atomic E-state index is -0.599. The van der Waals surface area contributed by atoms with Crippen molar-refractivity contribution in [2.75, 3.05) is 14.1 Å². The first-order valence-corrected chi connectivity index (χ1v) is 6.26. The van der Waals surface area contributed by atoms with Crippen LogP contribution in [-0.4, -0.2) is 37.0 Å². The van der Waals surface area contributed by atoms with Gasteiger partial charge in [-0.15, -0.1) is 0 Å². The Morgan fingerprint density at radius 3 is 2.10 bits per heavy atom. The van der Waals surface area contributed by atoms with E-state index in [-0.39, 0.29) is 12.0 Å². The monoisotopic (exact) mass is 277 g/mol. The van der Waals surface area contributed by atoms with Crippen molar-refractivity contribution in [2.45, 2.75) is 20.0 Å². The van der Waals surface area contributed by atoms with Crippen molar-refractivity contribution in [1.29, 1.82) is 0 Å². The summed E-state index contributed by atoms with van der Waals surface area (Å²) in [7, 11) is 3.21. The highest BCUT2D eigenvalue weighted by Crippen LogP contribution is 2.18. The summed E-state index contributed by atoms with van der Waals surface area (Å²) in [5.41, 5.74) is 0. The van der Waals surface area contributed by atoms with Gasteiger partial charge in [0.1, 0.15) is 11.5 Å². The molecule has 0 heterocycles. The molecular weight excluding hydrogens is 258 g/mol. The fourth-order valence-electron chi connectivity index (χ4n) is 1.30. The predicted octanol–water partition coefficient (Wildman–Crippen LogP) is 2.02. The molecule has 0 aromatic heterocycles. The molecule has 20 heavy (non-hydrogen) atoms. The number of hydrogen-bond acceptors (Lipinski definition) is 4. The second-order valence-corrected chi connectivity index (χ2v) is 4.63. The maximum Gasteiger partial charge on any atom is 0.336 e. The Labute approximate surface area is 118 Å². The molecule has 0 aliphatic rings. The number of hydrogen-bond donors (Lipinski definition) is 0. The summed E-state index contributed by atoms with van der Waals surface area (Å²) in [5.74, 6) is 0.228. The first-order chi connectivity index (χ1) is 9.38. The number of benzene rings is 1. The third-order valence-corrected chi connectivity index (χ3v) is 2.22. The van der Waals surface area contributed by atoms with Crippen molar-refractivity contribution in [3.05, 3.63) is 36.4 Å². The fraction of sp³-hybridized carbons (Fsp3) is 0.333. The van der Waals surface area contributed by atoms with E-state index in [4.69, 9.17) is 9.47 Å². The van der Waals surface area contributed by atoms with Gasteiger partial charge in [0.25, 0.3) is 0 Å². The Morgan fingerprint density at radius 1 is 1.05 bits per heavy atom. The summed E-state index contributed by atoms with van der Waals surface area (Å²) in [6, 6.07) is 6.71. The number of esters is 1. The highest BCUT2D eigenvalue weighted by atomic mass is 16.5. The van der Waals surface area contributed by atoms with Gasteiger partial charge >= 0.3 is 5.97 Å². The molecule has 0 saturated heterocycles. The molecule has 5 heteroatoms. The molecule has 5 nitrogen and oxygen atoms in total. The minimum absolute atomic E-state index is 0.0865. The van der Waals surface area contributed by atoms with Crippen LogP contribution in [0.15, 0.2) is 36.4 Å². The van der Waals surface area contributed by atoms with Gasteiger partial charge in [0.2, 0.25) is 5.91 Å². The number of carbonyl (C=O) groups excluding carboxylic acids is 2. The Balaban J connectivity index is 2.56. The maximum absolute atomic E-state index is 11.5. The van der Waals surface area contributed by atoms with Gasteiger partial charge in [-0.05, 0) is 38.1 Å². The van der Waals surface area contributed by atoms with Crippen molar-refractivity contribution in [3.63, 3.8) is 0 Å². The lowest BCUT2D eigenvalue weighted by Gasteiger charge is -2.09. The molecule has 0 aliphatic carbocycles. The van der Waals surface area contributed by atoms with Crippen LogP contribution < -0.4 is 9.47 Å². The molecular formula is C15H19NO4. The van der Waals surface area contributed by atoms with Crippen LogP contribution in [0.3, 0.4) is 0 Å². The van der Waals surface area contributed by atoms with Crippen LogP contribution in [0.2, 0.25) is 0 Å². The van der Waals surface area contributed by atoms with E-state index in [1.165, 1.54) is 11.0 Å². The van der Waals surface area contributed by atoms with Crippen LogP contribution in [0.4, 0.5) is 0 Å². The minimum Gasteiger partial charge on any atom is -0.491 e. The predicted molar refractivity (Wildman–Crippen MR) is 75.7 cm³/mol. The molecule has 108 valence electrons. The normalized spacial score (nSPS) is 10.7. The van der Waals surface area contributed by atoms with E-state index in [2.05, 4.69) is 0 Å². The van der Waals surface area contributed by atoms with Crippen LogP contribution in [-0.2, 0) is 9.59 Å². The molecule has 1 rings (SSSR count). The van der Waals surface area contributed by atoms with E-state index < -0.39 is 5.97 Å². The average Bonchev–Trinajstić information content (AvgIpc) is 2.37. The molecule has 0 saturated carbocycles. The molecule has 0 unspecified atom stereocenters. The number of ether oxygens (including phenoxy) is 2. The van der Waals surface area contributed by atoms with E-state index in [0.29, 0.717) is 11.5 Å². The summed E-state index contributed by atoms with van der Waals surface area (Å²) in [4.78, 5) is 24.1. The van der Waals surface area contributed by atoms with E-state index >= 15 is 0 Å². The zero-order valence-electron chi connectivity index (χ0n) is 12.1. The van der Waals surface area contributed by atoms with Gasteiger partial charge in [-0.2, -0.15) is 0 Å². The van der Waals surface area contributed by atoms with Crippen LogP contribution in [0, 0.1) is 0 Å². The number of carbonyl (C=O) groups is 2. The third-order valence-electron chi connectivity index (χ3n) is 2.22. The number of amides is 1. The van der Waals surface area contributed by atoms with Gasteiger partial charge in [-0.3, -0.25) is 4.79 Å². The topological polar surface area (TPSA) is 55.8 Å². The molecule has 0 N–H and O–H groups in total. The van der Waals surface area contributed by atoms with E-state index in [9.17, 15) is 9.59 Å². The maximum atomic E-state index is 11.5. The molecule has 0 spiro atoms. The second-order valence-electron chi connectivity index (χ2n) is 4.63. The largest absolute Gasteiger partial charge is 0.491 e. The van der Waals surface area contributed by atoms with Crippen molar-refractivity contribution in [1.82, 2.24) is 4.90 Å². The van der Waals surface area contributed by atoms with Gasteiger partial charge in [0, 0.05) is 26.2 Å². The van der Waals surface area contributed by atoms with Crippen LogP contribution >= 0.6 is 0 Å². The van der Waals surface area contributed by atoms with Crippen molar-refractivity contribution >= 4 is 11.9 Å². The fourth-order valence-corrected chi connectivity index (χ4v) is 1.30. The second kappa shape index (κ2) is 7.33. The van der Waals surface area contributed by atoms with Crippen LogP contribution in [0.1, 0.15) is 13.8 Å². The lowest BCUT2D eigenvalue weighted by molar-refractivity contribution is -0.129. The van der Waals surface area contributed by atoms with Crippen LogP contribution in [0.5, 0.6) is 11.5 Å². The highest BCUT2D eigenvalue weighted by Gasteiger charge is 2.04. The van der Waals surface area contributed by atoms with E-state index in [0.717, 1.165) is 6.08 Å². The molecule has 0 fully saturated rings. The molecule has 0 atom stereocenters. The average molecular weight is 277 g/mol. The Morgan fingerprint density at radius 2 is 1.60 bits per heavy atom. The van der Waals surface area contributed by atoms with Gasteiger partial charge in [-0.25, -0.2) is 4.79 Å². The lowest BCUT2D eigenvalue weighted by atomic mass is 10.3. The quantitative estimate of drug-likeness (QED) is 0.469. The van der Waals surface area contributed by atoms with Crippen molar-refractivity contribution < 1.29 is 19.1 Å². The van der Waals surface area contributed by atoms with Crippen molar-refractivity contribution in [3.8, 4) is 11.5 Å². The molecule has 1 aromatic carbocycles. The highest BCUT2D eigenvalue weighted by molar-refractivity contribution is 5.94. The number of nitrogens with zero attached hydrogens (tertiary/aromatic N) is 1. The van der Waals surface area contributed by atoms with E-state index in [1.54, 1.807) is 38.4 Å². The smallest absolute Gasteiger partial charge is 0.336 e. The first kappa shape index (κ1) is 15.8. The zero-order valence-corrected chi connectivity index (χ0v) is 12.1. The number of likely N-dealkylation sites (N-methyl/N-ethyl adjacent to an activating group) is 1. The SMILES string of the molecule is CC(C)Oc1ccc(OC(=O)/C=C/C(=O)N(C)C)cc1. The number of rotatable bonds is 5. The zero-order chi connectivity index (χ0) is 15.1. The Bertz CT molecular complexity index is 489. The summed E-state index contributed by atoms with van der Waals surface area (Å²) >= 11 is 0. The summed E-state index contributed by atoms with van der Waals surface area (Å²) in [5, 5.41) is 0. The molecule has 0 aliphatic heterocycles. The van der Waals surface area contributed by atoms with E-state index in [1.807, 2.05) is 13.8 Å². The van der Waals surface area contributed by atoms with Gasteiger partial charge in [0.05, 0.1) is 6.10 Å². The van der Waals surface area contributed by atoms with Gasteiger partial charge < -0.3 is 14.4 Å². The summed E-state index contributed by atoms with van der Waals surface area (Å²) in [6.45, 7) is 3.86. The molecule has 1 aromatic rings. The Hall–Kier alpha value is -2.30. The Kier molecular flexibility index (Phi) is 5.77. The molecule has 0 radical (unpaired) electrons. The summed E-state index contributed by atoms with van der Waals surface area (Å²) in [6.07, 6.45) is 2.35.